The fourth-order valence-corrected chi connectivity index (χ4v) is 9.93. The van der Waals surface area contributed by atoms with E-state index in [0.29, 0.717) is 70.8 Å². The highest BCUT2D eigenvalue weighted by Crippen LogP contribution is 2.35. The van der Waals surface area contributed by atoms with Crippen LogP contribution in [0.1, 0.15) is 115 Å². The summed E-state index contributed by atoms with van der Waals surface area (Å²) in [5, 5.41) is 20.8. The van der Waals surface area contributed by atoms with Gasteiger partial charge < -0.3 is 39.6 Å². The Balaban J connectivity index is 0.629. The second-order valence-electron chi connectivity index (χ2n) is 20.1. The number of nitriles is 1. The van der Waals surface area contributed by atoms with Gasteiger partial charge in [-0.25, -0.2) is 14.8 Å². The molecule has 1 atom stereocenters. The van der Waals surface area contributed by atoms with Gasteiger partial charge in [0.25, 0.3) is 17.7 Å². The Labute approximate surface area is 472 Å². The quantitative estimate of drug-likeness (QED) is 0.0243. The maximum atomic E-state index is 13.9. The van der Waals surface area contributed by atoms with Crippen molar-refractivity contribution in [1.29, 1.82) is 5.26 Å². The number of pyridine rings is 2. The molecule has 4 heterocycles. The Bertz CT molecular complexity index is 2930. The Kier molecular flexibility index (Phi) is 22.5. The fraction of sp³-hybridized carbons (Fsp3) is 0.426. The van der Waals surface area contributed by atoms with Crippen molar-refractivity contribution in [3.8, 4) is 28.8 Å². The van der Waals surface area contributed by atoms with Crippen LogP contribution in [-0.4, -0.2) is 128 Å². The van der Waals surface area contributed by atoms with E-state index in [9.17, 15) is 28.8 Å². The maximum Gasteiger partial charge on any atom is 0.322 e. The molecule has 0 radical (unpaired) electrons. The van der Waals surface area contributed by atoms with E-state index in [2.05, 4.69) is 37.3 Å². The third kappa shape index (κ3) is 17.4. The molecule has 0 spiro atoms. The van der Waals surface area contributed by atoms with Crippen LogP contribution in [0.25, 0.3) is 11.1 Å². The number of urea groups is 1. The number of carbonyl (C=O) groups is 6. The van der Waals surface area contributed by atoms with Crippen LogP contribution in [0, 0.1) is 11.3 Å². The van der Waals surface area contributed by atoms with Crippen molar-refractivity contribution in [2.75, 3.05) is 69.6 Å². The van der Waals surface area contributed by atoms with E-state index >= 15 is 0 Å². The van der Waals surface area contributed by atoms with Crippen molar-refractivity contribution < 1.29 is 52.5 Å². The Morgan fingerprint density at radius 3 is 2.10 bits per heavy atom. The minimum absolute atomic E-state index is 0.00188. The molecule has 5 aromatic rings. The Morgan fingerprint density at radius 1 is 0.691 bits per heavy atom. The highest BCUT2D eigenvalue weighted by Gasteiger charge is 2.46. The first-order valence-corrected chi connectivity index (χ1v) is 28.1. The number of ether oxygens (including phenoxy) is 5. The summed E-state index contributed by atoms with van der Waals surface area (Å²) in [5.41, 5.74) is 4.38. The zero-order valence-corrected chi connectivity index (χ0v) is 45.6. The smallest absolute Gasteiger partial charge is 0.322 e. The van der Waals surface area contributed by atoms with E-state index in [1.807, 2.05) is 77.7 Å². The molecule has 1 aliphatic carbocycles. The maximum absolute atomic E-state index is 13.9. The molecule has 426 valence electrons. The zero-order chi connectivity index (χ0) is 56.6. The summed E-state index contributed by atoms with van der Waals surface area (Å²) in [6, 6.07) is 31.0. The summed E-state index contributed by atoms with van der Waals surface area (Å²) in [7, 11) is 0. The van der Waals surface area contributed by atoms with Gasteiger partial charge in [0.05, 0.1) is 23.3 Å². The number of imide groups is 2. The van der Waals surface area contributed by atoms with Gasteiger partial charge in [-0.15, -0.1) is 0 Å². The first-order valence-electron chi connectivity index (χ1n) is 28.1. The summed E-state index contributed by atoms with van der Waals surface area (Å²) < 4.78 is 29.0. The number of rotatable bonds is 31. The Morgan fingerprint density at radius 2 is 1.41 bits per heavy atom. The standard InChI is InChI=1S/C61H71N9O11/c62-39-44-16-26-53(65-41-44)67-47-19-23-49(24-20-47)69(61(76)66-40-43-12-3-1-4-13-43)48-21-17-45(18-22-48)46-28-30-64-56(38-46)80-37-36-79-35-10-9-34-78-33-8-7-32-77-31-6-2-5-29-63-55(72)42-81-52-15-11-14-50-57(52)60(75)70(59(50)74)51-25-27-54(71)68-58(51)73/h1,3-4,11-18,21-22,26,28,30,38,41,47,49,51H,2,5-10,19-20,23-25,27,29,31-37,40,42H2,(H,63,72)(H,65,67)(H,66,76)(H,68,71,73). The zero-order valence-electron chi connectivity index (χ0n) is 45.6. The number of piperidine rings is 1. The van der Waals surface area contributed by atoms with Crippen molar-refractivity contribution in [2.45, 2.75) is 108 Å². The van der Waals surface area contributed by atoms with Crippen LogP contribution in [0.3, 0.4) is 0 Å². The number of fused-ring (bicyclic) bond motifs is 1. The number of hydrogen-bond donors (Lipinski definition) is 4. The molecule has 1 saturated heterocycles. The molecule has 81 heavy (non-hydrogen) atoms. The van der Waals surface area contributed by atoms with E-state index in [-0.39, 0.29) is 60.3 Å². The van der Waals surface area contributed by atoms with E-state index in [4.69, 9.17) is 28.9 Å². The van der Waals surface area contributed by atoms with Gasteiger partial charge in [0.1, 0.15) is 30.3 Å². The lowest BCUT2D eigenvalue weighted by molar-refractivity contribution is -0.136. The minimum Gasteiger partial charge on any atom is -0.483 e. The summed E-state index contributed by atoms with van der Waals surface area (Å²) in [6.45, 7) is 4.56. The minimum atomic E-state index is -1.09. The lowest BCUT2D eigenvalue weighted by Crippen LogP contribution is -2.54. The number of aromatic nitrogens is 2. The molecular formula is C61H71N9O11. The van der Waals surface area contributed by atoms with Crippen LogP contribution in [0.2, 0.25) is 0 Å². The lowest BCUT2D eigenvalue weighted by atomic mass is 9.89. The van der Waals surface area contributed by atoms with Gasteiger partial charge in [0.15, 0.2) is 6.61 Å². The van der Waals surface area contributed by atoms with Crippen LogP contribution < -0.4 is 35.6 Å². The average molecular weight is 1110 g/mol. The highest BCUT2D eigenvalue weighted by molar-refractivity contribution is 6.24. The number of carbonyl (C=O) groups excluding carboxylic acids is 6. The predicted octanol–water partition coefficient (Wildman–Crippen LogP) is 7.91. The molecule has 3 aromatic carbocycles. The lowest BCUT2D eigenvalue weighted by Gasteiger charge is -2.37. The van der Waals surface area contributed by atoms with Gasteiger partial charge in [-0.3, -0.25) is 39.1 Å². The number of nitrogens with one attached hydrogen (secondary N) is 4. The average Bonchev–Trinajstić information content (AvgIpc) is 3.80. The molecule has 1 saturated carbocycles. The first-order chi connectivity index (χ1) is 39.6. The normalized spacial score (nSPS) is 16.7. The van der Waals surface area contributed by atoms with Crippen LogP contribution in [-0.2, 0) is 35.1 Å². The van der Waals surface area contributed by atoms with Crippen LogP contribution in [0.4, 0.5) is 16.3 Å². The third-order valence-corrected chi connectivity index (χ3v) is 14.2. The summed E-state index contributed by atoms with van der Waals surface area (Å²) in [6.07, 6.45) is 12.8. The summed E-state index contributed by atoms with van der Waals surface area (Å²) in [5.74, 6) is -1.53. The van der Waals surface area contributed by atoms with E-state index in [1.165, 1.54) is 12.1 Å². The molecular weight excluding hydrogens is 1030 g/mol. The second-order valence-corrected chi connectivity index (χ2v) is 20.1. The molecule has 20 heteroatoms. The van der Waals surface area contributed by atoms with Crippen molar-refractivity contribution in [2.24, 2.45) is 0 Å². The second kappa shape index (κ2) is 30.9. The van der Waals surface area contributed by atoms with Crippen LogP contribution in [0.5, 0.6) is 11.6 Å². The molecule has 8 rings (SSSR count). The molecule has 1 unspecified atom stereocenters. The molecule has 2 aliphatic heterocycles. The molecule has 4 N–H and O–H groups in total. The van der Waals surface area contributed by atoms with Crippen molar-refractivity contribution in [1.82, 2.24) is 30.8 Å². The summed E-state index contributed by atoms with van der Waals surface area (Å²) in [4.78, 5) is 88.2. The third-order valence-electron chi connectivity index (χ3n) is 14.2. The van der Waals surface area contributed by atoms with Gasteiger partial charge in [-0.05, 0) is 136 Å². The van der Waals surface area contributed by atoms with Gasteiger partial charge in [-0.2, -0.15) is 5.26 Å². The van der Waals surface area contributed by atoms with E-state index in [0.717, 1.165) is 104 Å². The summed E-state index contributed by atoms with van der Waals surface area (Å²) >= 11 is 0. The van der Waals surface area contributed by atoms with E-state index in [1.54, 1.807) is 24.5 Å². The topological polar surface area (TPSA) is 253 Å². The van der Waals surface area contributed by atoms with Gasteiger partial charge in [0.2, 0.25) is 17.7 Å². The number of nitrogens with zero attached hydrogens (tertiary/aromatic N) is 5. The van der Waals surface area contributed by atoms with Crippen molar-refractivity contribution in [3.63, 3.8) is 0 Å². The van der Waals surface area contributed by atoms with Crippen molar-refractivity contribution in [3.05, 3.63) is 132 Å². The highest BCUT2D eigenvalue weighted by atomic mass is 16.5. The SMILES string of the molecule is N#Cc1ccc(NC2CCC(N(C(=O)NCc3ccccc3)c3ccc(-c4ccnc(OCCOCCCCOCCCCOCCCCCNC(=O)COc5cccc6c5C(=O)N(C5CCC(=O)NC5=O)C6=O)c4)cc3)CC2)nc1. The number of hydrogen-bond acceptors (Lipinski definition) is 15. The van der Waals surface area contributed by atoms with Crippen LogP contribution in [0.15, 0.2) is 109 Å². The number of anilines is 2. The predicted molar refractivity (Wildman–Crippen MR) is 301 cm³/mol. The molecule has 7 amide bonds. The number of unbranched alkanes of at least 4 members (excludes halogenated alkanes) is 4. The molecule has 0 bridgehead atoms. The fourth-order valence-electron chi connectivity index (χ4n) is 9.93. The molecule has 20 nitrogen and oxygen atoms in total. The largest absolute Gasteiger partial charge is 0.483 e. The monoisotopic (exact) mass is 1110 g/mol. The molecule has 3 aliphatic rings. The van der Waals surface area contributed by atoms with Crippen molar-refractivity contribution >= 4 is 47.1 Å². The molecule has 2 fully saturated rings. The number of amides is 7. The molecule has 2 aromatic heterocycles. The van der Waals surface area contributed by atoms with Crippen LogP contribution >= 0.6 is 0 Å². The van der Waals surface area contributed by atoms with Gasteiger partial charge in [-0.1, -0.05) is 48.5 Å². The van der Waals surface area contributed by atoms with Gasteiger partial charge in [0, 0.05) is 88.8 Å². The Hall–Kier alpha value is -8.25. The first kappa shape index (κ1) is 58.9. The van der Waals surface area contributed by atoms with E-state index < -0.39 is 29.7 Å². The van der Waals surface area contributed by atoms with Gasteiger partial charge >= 0.3 is 6.03 Å². The number of benzene rings is 3.